The third-order valence-corrected chi connectivity index (χ3v) is 4.47. The van der Waals surface area contributed by atoms with Crippen molar-refractivity contribution < 1.29 is 13.5 Å². The number of sulfonamides is 1. The van der Waals surface area contributed by atoms with Crippen molar-refractivity contribution in [2.45, 2.75) is 32.2 Å². The highest BCUT2D eigenvalue weighted by molar-refractivity contribution is 7.89. The van der Waals surface area contributed by atoms with Crippen LogP contribution in [0.3, 0.4) is 0 Å². The Bertz CT molecular complexity index is 250. The topological polar surface area (TPSA) is 57.6 Å². The lowest BCUT2D eigenvalue weighted by molar-refractivity contribution is 0.213. The summed E-state index contributed by atoms with van der Waals surface area (Å²) in [5, 5.41) is 8.96. The van der Waals surface area contributed by atoms with Crippen molar-refractivity contribution in [1.29, 1.82) is 0 Å². The molecule has 5 heteroatoms. The zero-order valence-electron chi connectivity index (χ0n) is 7.94. The maximum absolute atomic E-state index is 11.6. The van der Waals surface area contributed by atoms with Gasteiger partial charge in [0.05, 0.1) is 12.4 Å². The molecule has 0 unspecified atom stereocenters. The zero-order chi connectivity index (χ0) is 9.90. The number of aliphatic hydroxyl groups is 1. The molecule has 1 rings (SSSR count). The van der Waals surface area contributed by atoms with Gasteiger partial charge < -0.3 is 5.11 Å². The average molecular weight is 207 g/mol. The molecule has 1 N–H and O–H groups in total. The minimum atomic E-state index is -3.10. The second kappa shape index (κ2) is 4.39. The van der Waals surface area contributed by atoms with Crippen LogP contribution in [0.2, 0.25) is 0 Å². The van der Waals surface area contributed by atoms with Crippen molar-refractivity contribution in [3.8, 4) is 0 Å². The summed E-state index contributed by atoms with van der Waals surface area (Å²) >= 11 is 0. The second-order valence-corrected chi connectivity index (χ2v) is 5.45. The van der Waals surface area contributed by atoms with E-state index < -0.39 is 10.0 Å². The van der Waals surface area contributed by atoms with E-state index in [4.69, 9.17) is 5.11 Å². The number of nitrogens with zero attached hydrogens (tertiary/aromatic N) is 1. The fraction of sp³-hybridized carbons (Fsp3) is 1.00. The molecule has 0 aromatic heterocycles. The van der Waals surface area contributed by atoms with E-state index in [1.807, 2.05) is 6.92 Å². The molecular weight excluding hydrogens is 190 g/mol. The van der Waals surface area contributed by atoms with Crippen LogP contribution in [0.5, 0.6) is 0 Å². The van der Waals surface area contributed by atoms with Crippen molar-refractivity contribution in [1.82, 2.24) is 4.31 Å². The molecule has 0 aromatic rings. The number of hydrogen-bond donors (Lipinski definition) is 1. The summed E-state index contributed by atoms with van der Waals surface area (Å²) in [5.41, 5.74) is 0. The highest BCUT2D eigenvalue weighted by Gasteiger charge is 2.32. The first-order chi connectivity index (χ1) is 6.11. The van der Waals surface area contributed by atoms with Crippen LogP contribution in [0.4, 0.5) is 0 Å². The molecule has 0 aliphatic carbocycles. The first-order valence-electron chi connectivity index (χ1n) is 4.72. The van der Waals surface area contributed by atoms with E-state index >= 15 is 0 Å². The zero-order valence-corrected chi connectivity index (χ0v) is 8.76. The number of aliphatic hydroxyl groups excluding tert-OH is 1. The van der Waals surface area contributed by atoms with Crippen LogP contribution >= 0.6 is 0 Å². The van der Waals surface area contributed by atoms with Gasteiger partial charge in [0.1, 0.15) is 0 Å². The predicted octanol–water partition coefficient (Wildman–Crippen LogP) is 0.183. The van der Waals surface area contributed by atoms with Gasteiger partial charge in [0.25, 0.3) is 0 Å². The Morgan fingerprint density at radius 3 is 2.77 bits per heavy atom. The van der Waals surface area contributed by atoms with Gasteiger partial charge in [0.2, 0.25) is 10.0 Å². The van der Waals surface area contributed by atoms with Crippen LogP contribution in [0, 0.1) is 0 Å². The quantitative estimate of drug-likeness (QED) is 0.715. The Hall–Kier alpha value is -0.130. The number of hydrogen-bond acceptors (Lipinski definition) is 3. The van der Waals surface area contributed by atoms with Crippen molar-refractivity contribution in [2.24, 2.45) is 0 Å². The molecule has 1 atom stereocenters. The summed E-state index contributed by atoms with van der Waals surface area (Å²) in [7, 11) is -3.10. The molecule has 0 bridgehead atoms. The van der Waals surface area contributed by atoms with Crippen LogP contribution in [0.15, 0.2) is 0 Å². The van der Waals surface area contributed by atoms with Crippen molar-refractivity contribution >= 4 is 10.0 Å². The molecule has 0 saturated carbocycles. The fourth-order valence-electron chi connectivity index (χ4n) is 1.73. The molecule has 1 saturated heterocycles. The Labute approximate surface area is 79.6 Å². The summed E-state index contributed by atoms with van der Waals surface area (Å²) in [6, 6.07) is -0.170. The lowest BCUT2D eigenvalue weighted by Gasteiger charge is -2.21. The molecule has 78 valence electrons. The van der Waals surface area contributed by atoms with E-state index in [-0.39, 0.29) is 18.4 Å². The van der Waals surface area contributed by atoms with Crippen LogP contribution in [-0.2, 0) is 10.0 Å². The van der Waals surface area contributed by atoms with Gasteiger partial charge in [-0.1, -0.05) is 6.92 Å². The van der Waals surface area contributed by atoms with Gasteiger partial charge in [0.15, 0.2) is 0 Å². The Balaban J connectivity index is 2.69. The van der Waals surface area contributed by atoms with Crippen LogP contribution in [-0.4, -0.2) is 42.8 Å². The third-order valence-electron chi connectivity index (χ3n) is 2.35. The van der Waals surface area contributed by atoms with Crippen molar-refractivity contribution in [3.05, 3.63) is 0 Å². The summed E-state index contributed by atoms with van der Waals surface area (Å²) in [4.78, 5) is 0. The van der Waals surface area contributed by atoms with E-state index in [2.05, 4.69) is 0 Å². The lowest BCUT2D eigenvalue weighted by Crippen LogP contribution is -2.38. The minimum Gasteiger partial charge on any atom is -0.395 e. The molecule has 1 aliphatic heterocycles. The maximum atomic E-state index is 11.6. The largest absolute Gasteiger partial charge is 0.395 e. The van der Waals surface area contributed by atoms with E-state index in [0.29, 0.717) is 13.0 Å². The maximum Gasteiger partial charge on any atom is 0.214 e. The van der Waals surface area contributed by atoms with Crippen molar-refractivity contribution in [2.75, 3.05) is 18.9 Å². The Morgan fingerprint density at radius 2 is 2.23 bits per heavy atom. The first kappa shape index (κ1) is 10.9. The molecule has 1 aliphatic rings. The normalized spacial score (nSPS) is 25.2. The van der Waals surface area contributed by atoms with Crippen LogP contribution in [0.25, 0.3) is 0 Å². The van der Waals surface area contributed by atoms with Gasteiger partial charge >= 0.3 is 0 Å². The van der Waals surface area contributed by atoms with Gasteiger partial charge in [-0.3, -0.25) is 0 Å². The number of rotatable bonds is 4. The van der Waals surface area contributed by atoms with Gasteiger partial charge in [-0.2, -0.15) is 4.31 Å². The summed E-state index contributed by atoms with van der Waals surface area (Å²) < 4.78 is 24.7. The minimum absolute atomic E-state index is 0.0526. The average Bonchev–Trinajstić information content (AvgIpc) is 2.51. The summed E-state index contributed by atoms with van der Waals surface area (Å²) in [6.45, 7) is 2.37. The lowest BCUT2D eigenvalue weighted by atomic mass is 10.2. The molecular formula is C8H17NO3S. The summed E-state index contributed by atoms with van der Waals surface area (Å²) in [6.07, 6.45) is 2.30. The summed E-state index contributed by atoms with van der Waals surface area (Å²) in [5.74, 6) is 0.198. The molecule has 0 amide bonds. The van der Waals surface area contributed by atoms with E-state index in [9.17, 15) is 8.42 Å². The van der Waals surface area contributed by atoms with Crippen LogP contribution < -0.4 is 0 Å². The second-order valence-electron chi connectivity index (χ2n) is 3.41. The van der Waals surface area contributed by atoms with E-state index in [1.54, 1.807) is 0 Å². The molecule has 4 nitrogen and oxygen atoms in total. The van der Waals surface area contributed by atoms with E-state index in [0.717, 1.165) is 12.8 Å². The molecule has 0 radical (unpaired) electrons. The standard InChI is InChI=1S/C8H17NO3S/c1-2-6-13(11,12)9-5-3-4-8(9)7-10/h8,10H,2-7H2,1H3/t8-/m1/s1. The van der Waals surface area contributed by atoms with Gasteiger partial charge in [-0.15, -0.1) is 0 Å². The third kappa shape index (κ3) is 2.42. The fourth-order valence-corrected chi connectivity index (χ4v) is 3.52. The van der Waals surface area contributed by atoms with Gasteiger partial charge in [-0.25, -0.2) is 8.42 Å². The Morgan fingerprint density at radius 1 is 1.54 bits per heavy atom. The smallest absolute Gasteiger partial charge is 0.214 e. The van der Waals surface area contributed by atoms with Crippen LogP contribution in [0.1, 0.15) is 26.2 Å². The molecule has 13 heavy (non-hydrogen) atoms. The van der Waals surface area contributed by atoms with E-state index in [1.165, 1.54) is 4.31 Å². The van der Waals surface area contributed by atoms with Gasteiger partial charge in [0, 0.05) is 12.6 Å². The monoisotopic (exact) mass is 207 g/mol. The first-order valence-corrected chi connectivity index (χ1v) is 6.33. The molecule has 0 spiro atoms. The Kier molecular flexibility index (Phi) is 3.70. The SMILES string of the molecule is CCCS(=O)(=O)N1CCC[C@@H]1CO. The highest BCUT2D eigenvalue weighted by atomic mass is 32.2. The molecule has 0 aromatic carbocycles. The molecule has 1 heterocycles. The van der Waals surface area contributed by atoms with Gasteiger partial charge in [-0.05, 0) is 19.3 Å². The molecule has 1 fully saturated rings. The highest BCUT2D eigenvalue weighted by Crippen LogP contribution is 2.20. The predicted molar refractivity (Wildman–Crippen MR) is 50.9 cm³/mol. The van der Waals surface area contributed by atoms with Crippen molar-refractivity contribution in [3.63, 3.8) is 0 Å².